The number of aromatic nitrogens is 1. The molecule has 136 valence electrons. The smallest absolute Gasteiger partial charge is 0.319 e. The average molecular weight is 382 g/mol. The van der Waals surface area contributed by atoms with Gasteiger partial charge in [0.15, 0.2) is 4.34 Å². The van der Waals surface area contributed by atoms with Gasteiger partial charge in [-0.25, -0.2) is 4.98 Å². The summed E-state index contributed by atoms with van der Waals surface area (Å²) in [6, 6.07) is 7.92. The molecule has 1 heterocycles. The summed E-state index contributed by atoms with van der Waals surface area (Å²) in [4.78, 5) is 28.2. The number of thiazole rings is 1. The first-order chi connectivity index (χ1) is 12.1. The number of carbonyl (C=O) groups excluding carboxylic acids is 2. The molecule has 0 radical (unpaired) electrons. The topological polar surface area (TPSA) is 65.5 Å². The van der Waals surface area contributed by atoms with Gasteiger partial charge in [0.25, 0.3) is 0 Å². The van der Waals surface area contributed by atoms with Gasteiger partial charge in [-0.15, -0.1) is 11.3 Å². The number of ether oxygens (including phenoxy) is 2. The van der Waals surface area contributed by atoms with E-state index < -0.39 is 0 Å². The number of para-hydroxylation sites is 1. The summed E-state index contributed by atoms with van der Waals surface area (Å²) in [5.41, 5.74) is 0.944. The van der Waals surface area contributed by atoms with E-state index in [1.807, 2.05) is 24.3 Å². The Morgan fingerprint density at radius 3 is 2.64 bits per heavy atom. The van der Waals surface area contributed by atoms with Crippen LogP contribution in [-0.4, -0.2) is 35.4 Å². The number of rotatable bonds is 10. The van der Waals surface area contributed by atoms with Crippen LogP contribution >= 0.6 is 23.1 Å². The highest BCUT2D eigenvalue weighted by Gasteiger charge is 2.22. The number of hydrogen-bond donors (Lipinski definition) is 0. The molecule has 7 heteroatoms. The molecule has 0 aliphatic carbocycles. The number of hydrogen-bond acceptors (Lipinski definition) is 7. The van der Waals surface area contributed by atoms with Gasteiger partial charge in [0.1, 0.15) is 5.25 Å². The van der Waals surface area contributed by atoms with Gasteiger partial charge in [-0.2, -0.15) is 0 Å². The third-order valence-corrected chi connectivity index (χ3v) is 5.84. The number of nitrogens with zero attached hydrogens (tertiary/aromatic N) is 1. The van der Waals surface area contributed by atoms with E-state index in [0.29, 0.717) is 32.5 Å². The Morgan fingerprint density at radius 2 is 1.92 bits per heavy atom. The number of thioether (sulfide) groups is 1. The minimum Gasteiger partial charge on any atom is -0.466 e. The molecule has 25 heavy (non-hydrogen) atoms. The number of benzene rings is 1. The largest absolute Gasteiger partial charge is 0.466 e. The van der Waals surface area contributed by atoms with Crippen LogP contribution in [0.25, 0.3) is 10.2 Å². The molecule has 0 spiro atoms. The third-order valence-electron chi connectivity index (χ3n) is 3.47. The number of esters is 2. The summed E-state index contributed by atoms with van der Waals surface area (Å²) < 4.78 is 12.1. The molecule has 0 N–H and O–H groups in total. The fourth-order valence-electron chi connectivity index (χ4n) is 2.32. The van der Waals surface area contributed by atoms with E-state index >= 15 is 0 Å². The minimum atomic E-state index is -0.303. The van der Waals surface area contributed by atoms with Crippen molar-refractivity contribution in [2.24, 2.45) is 0 Å². The van der Waals surface area contributed by atoms with Crippen molar-refractivity contribution < 1.29 is 19.1 Å². The highest BCUT2D eigenvalue weighted by atomic mass is 32.2. The first kappa shape index (κ1) is 19.7. The zero-order valence-corrected chi connectivity index (χ0v) is 16.2. The van der Waals surface area contributed by atoms with E-state index in [0.717, 1.165) is 21.0 Å². The predicted molar refractivity (Wildman–Crippen MR) is 101 cm³/mol. The lowest BCUT2D eigenvalue weighted by Crippen LogP contribution is -2.20. The SMILES string of the molecule is CCOC(=O)CCCCC(Sc1nc2ccccc2s1)C(=O)OCC. The van der Waals surface area contributed by atoms with Crippen LogP contribution in [0.1, 0.15) is 39.5 Å². The summed E-state index contributed by atoms with van der Waals surface area (Å²) in [7, 11) is 0. The van der Waals surface area contributed by atoms with Gasteiger partial charge in [0.05, 0.1) is 23.4 Å². The fourth-order valence-corrected chi connectivity index (χ4v) is 4.67. The Hall–Kier alpha value is -1.60. The standard InChI is InChI=1S/C18H23NO4S2/c1-3-22-16(20)12-8-7-11-15(17(21)23-4-2)25-18-19-13-9-5-6-10-14(13)24-18/h5-6,9-10,15H,3-4,7-8,11-12H2,1-2H3. The van der Waals surface area contributed by atoms with Gasteiger partial charge in [0, 0.05) is 6.42 Å². The van der Waals surface area contributed by atoms with Gasteiger partial charge >= 0.3 is 11.9 Å². The molecule has 1 unspecified atom stereocenters. The van der Waals surface area contributed by atoms with Gasteiger partial charge < -0.3 is 9.47 Å². The van der Waals surface area contributed by atoms with Crippen LogP contribution in [0, 0.1) is 0 Å². The van der Waals surface area contributed by atoms with Crippen molar-refractivity contribution in [1.82, 2.24) is 4.98 Å². The second-order valence-corrected chi connectivity index (χ2v) is 7.84. The second-order valence-electron chi connectivity index (χ2n) is 5.36. The molecule has 0 aliphatic rings. The Bertz CT molecular complexity index is 668. The highest BCUT2D eigenvalue weighted by Crippen LogP contribution is 2.34. The van der Waals surface area contributed by atoms with E-state index in [1.54, 1.807) is 25.2 Å². The molecule has 5 nitrogen and oxygen atoms in total. The Kier molecular flexibility index (Phi) is 8.21. The summed E-state index contributed by atoms with van der Waals surface area (Å²) in [5.74, 6) is -0.406. The number of carbonyl (C=O) groups is 2. The van der Waals surface area contributed by atoms with Crippen molar-refractivity contribution in [3.8, 4) is 0 Å². The maximum atomic E-state index is 12.2. The summed E-state index contributed by atoms with van der Waals surface area (Å²) in [6.45, 7) is 4.36. The molecular formula is C18H23NO4S2. The Labute approximate surface area is 156 Å². The van der Waals surface area contributed by atoms with Crippen molar-refractivity contribution in [2.75, 3.05) is 13.2 Å². The molecule has 0 amide bonds. The number of fused-ring (bicyclic) bond motifs is 1. The lowest BCUT2D eigenvalue weighted by Gasteiger charge is -2.13. The van der Waals surface area contributed by atoms with E-state index in [4.69, 9.17) is 9.47 Å². The minimum absolute atomic E-state index is 0.186. The predicted octanol–water partition coefficient (Wildman–Crippen LogP) is 4.44. The van der Waals surface area contributed by atoms with Crippen molar-refractivity contribution in [3.05, 3.63) is 24.3 Å². The maximum absolute atomic E-state index is 12.2. The van der Waals surface area contributed by atoms with Gasteiger partial charge in [0.2, 0.25) is 0 Å². The Balaban J connectivity index is 1.93. The van der Waals surface area contributed by atoms with Crippen LogP contribution in [0.4, 0.5) is 0 Å². The third kappa shape index (κ3) is 6.32. The van der Waals surface area contributed by atoms with Gasteiger partial charge in [-0.05, 0) is 38.8 Å². The van der Waals surface area contributed by atoms with Gasteiger partial charge in [-0.3, -0.25) is 9.59 Å². The maximum Gasteiger partial charge on any atom is 0.319 e. The molecule has 1 aromatic heterocycles. The van der Waals surface area contributed by atoms with Crippen LogP contribution in [0.5, 0.6) is 0 Å². The zero-order valence-electron chi connectivity index (χ0n) is 14.5. The van der Waals surface area contributed by atoms with Crippen LogP contribution in [0.3, 0.4) is 0 Å². The highest BCUT2D eigenvalue weighted by molar-refractivity contribution is 8.02. The zero-order chi connectivity index (χ0) is 18.1. The first-order valence-corrected chi connectivity index (χ1v) is 10.2. The van der Waals surface area contributed by atoms with E-state index in [9.17, 15) is 9.59 Å². The van der Waals surface area contributed by atoms with Crippen LogP contribution < -0.4 is 0 Å². The van der Waals surface area contributed by atoms with Gasteiger partial charge in [-0.1, -0.05) is 30.3 Å². The van der Waals surface area contributed by atoms with Crippen molar-refractivity contribution >= 4 is 45.3 Å². The van der Waals surface area contributed by atoms with Crippen molar-refractivity contribution in [1.29, 1.82) is 0 Å². The lowest BCUT2D eigenvalue weighted by atomic mass is 10.1. The number of unbranched alkanes of at least 4 members (excludes halogenated alkanes) is 1. The first-order valence-electron chi connectivity index (χ1n) is 8.48. The molecule has 1 atom stereocenters. The normalized spacial score (nSPS) is 12.1. The molecular weight excluding hydrogens is 358 g/mol. The van der Waals surface area contributed by atoms with E-state index in [1.165, 1.54) is 11.8 Å². The van der Waals surface area contributed by atoms with Crippen molar-refractivity contribution in [3.63, 3.8) is 0 Å². The summed E-state index contributed by atoms with van der Waals surface area (Å²) in [6.07, 6.45) is 2.50. The molecule has 0 saturated heterocycles. The fraction of sp³-hybridized carbons (Fsp3) is 0.500. The monoisotopic (exact) mass is 381 g/mol. The van der Waals surface area contributed by atoms with E-state index in [2.05, 4.69) is 4.98 Å². The molecule has 0 fully saturated rings. The molecule has 2 aromatic rings. The second kappa shape index (κ2) is 10.4. The summed E-state index contributed by atoms with van der Waals surface area (Å²) in [5, 5.41) is -0.303. The molecule has 0 aliphatic heterocycles. The molecule has 0 saturated carbocycles. The van der Waals surface area contributed by atoms with Crippen LogP contribution in [0.15, 0.2) is 28.6 Å². The van der Waals surface area contributed by atoms with Crippen LogP contribution in [0.2, 0.25) is 0 Å². The molecule has 0 bridgehead atoms. The van der Waals surface area contributed by atoms with Crippen molar-refractivity contribution in [2.45, 2.75) is 49.1 Å². The van der Waals surface area contributed by atoms with E-state index in [-0.39, 0.29) is 17.2 Å². The summed E-state index contributed by atoms with van der Waals surface area (Å²) >= 11 is 3.03. The van der Waals surface area contributed by atoms with Crippen LogP contribution in [-0.2, 0) is 19.1 Å². The molecule has 1 aromatic carbocycles. The Morgan fingerprint density at radius 1 is 1.16 bits per heavy atom. The average Bonchev–Trinajstić information content (AvgIpc) is 3.00. The molecule has 2 rings (SSSR count). The quantitative estimate of drug-likeness (QED) is 0.344. The lowest BCUT2D eigenvalue weighted by molar-refractivity contribution is -0.143.